The van der Waals surface area contributed by atoms with Gasteiger partial charge in [-0.1, -0.05) is 30.3 Å². The van der Waals surface area contributed by atoms with Crippen LogP contribution in [0.1, 0.15) is 67.4 Å². The van der Waals surface area contributed by atoms with Gasteiger partial charge in [-0.05, 0) is 61.0 Å². The summed E-state index contributed by atoms with van der Waals surface area (Å²) >= 11 is 0. The molecule has 0 bridgehead atoms. The van der Waals surface area contributed by atoms with Crippen molar-refractivity contribution in [1.29, 1.82) is 0 Å². The van der Waals surface area contributed by atoms with Crippen molar-refractivity contribution in [2.45, 2.75) is 97.6 Å². The molecule has 0 spiro atoms. The first-order valence-corrected chi connectivity index (χ1v) is 12.5. The Morgan fingerprint density at radius 1 is 0.795 bits per heavy atom. The summed E-state index contributed by atoms with van der Waals surface area (Å²) in [7, 11) is 0. The van der Waals surface area contributed by atoms with E-state index in [-0.39, 0.29) is 6.42 Å². The smallest absolute Gasteiger partial charge is 0.460 e. The molecule has 12 heteroatoms. The molecule has 1 aromatic carbocycles. The minimum absolute atomic E-state index is 0.00739. The lowest BCUT2D eigenvalue weighted by Gasteiger charge is -2.26. The SMILES string of the molecule is CC(C)OC(=O)OCOC(=O)C(Cc1ccccc1)NC(=O)C(CC(=O)OC(C)(C)C)NC(=O)OC(C)(C)C. The molecule has 0 radical (unpaired) electrons. The molecule has 218 valence electrons. The number of nitrogens with one attached hydrogen (secondary N) is 2. The van der Waals surface area contributed by atoms with Crippen LogP contribution in [0.4, 0.5) is 9.59 Å². The number of amides is 2. The maximum Gasteiger partial charge on any atom is 0.511 e. The third-order valence-electron chi connectivity index (χ3n) is 4.39. The van der Waals surface area contributed by atoms with Crippen LogP contribution >= 0.6 is 0 Å². The van der Waals surface area contributed by atoms with E-state index in [1.165, 1.54) is 0 Å². The lowest BCUT2D eigenvalue weighted by Crippen LogP contribution is -2.54. The van der Waals surface area contributed by atoms with Crippen molar-refractivity contribution in [3.63, 3.8) is 0 Å². The highest BCUT2D eigenvalue weighted by Gasteiger charge is 2.32. The maximum atomic E-state index is 13.3. The summed E-state index contributed by atoms with van der Waals surface area (Å²) in [5.74, 6) is -2.53. The van der Waals surface area contributed by atoms with E-state index in [4.69, 9.17) is 23.7 Å². The topological polar surface area (TPSA) is 156 Å². The molecule has 0 aliphatic rings. The van der Waals surface area contributed by atoms with E-state index in [1.54, 1.807) is 85.7 Å². The van der Waals surface area contributed by atoms with E-state index in [9.17, 15) is 24.0 Å². The molecule has 0 fully saturated rings. The van der Waals surface area contributed by atoms with Gasteiger partial charge in [0.05, 0.1) is 12.5 Å². The quantitative estimate of drug-likeness (QED) is 0.237. The molecule has 1 aromatic rings. The van der Waals surface area contributed by atoms with Crippen molar-refractivity contribution in [3.05, 3.63) is 35.9 Å². The van der Waals surface area contributed by atoms with E-state index < -0.39 is 72.7 Å². The van der Waals surface area contributed by atoms with Crippen molar-refractivity contribution in [2.75, 3.05) is 6.79 Å². The van der Waals surface area contributed by atoms with Gasteiger partial charge in [-0.3, -0.25) is 9.59 Å². The molecule has 1 rings (SSSR count). The maximum absolute atomic E-state index is 13.3. The first kappa shape index (κ1) is 33.2. The fourth-order valence-electron chi connectivity index (χ4n) is 2.99. The largest absolute Gasteiger partial charge is 0.511 e. The Labute approximate surface area is 229 Å². The van der Waals surface area contributed by atoms with Gasteiger partial charge in [0.2, 0.25) is 12.7 Å². The molecule has 0 saturated carbocycles. The van der Waals surface area contributed by atoms with Crippen molar-refractivity contribution in [3.8, 4) is 0 Å². The number of rotatable bonds is 11. The zero-order valence-electron chi connectivity index (χ0n) is 23.8. The van der Waals surface area contributed by atoms with Crippen LogP contribution in [0.25, 0.3) is 0 Å². The van der Waals surface area contributed by atoms with Crippen LogP contribution in [0.15, 0.2) is 30.3 Å². The summed E-state index contributed by atoms with van der Waals surface area (Å²) in [6.45, 7) is 12.4. The summed E-state index contributed by atoms with van der Waals surface area (Å²) in [5, 5.41) is 4.87. The third kappa shape index (κ3) is 15.2. The summed E-state index contributed by atoms with van der Waals surface area (Å²) in [4.78, 5) is 62.6. The molecule has 2 N–H and O–H groups in total. The Hall–Kier alpha value is -3.83. The Bertz CT molecular complexity index is 951. The van der Waals surface area contributed by atoms with Crippen molar-refractivity contribution in [2.24, 2.45) is 0 Å². The normalized spacial score (nSPS) is 12.9. The van der Waals surface area contributed by atoms with E-state index in [0.29, 0.717) is 5.56 Å². The van der Waals surface area contributed by atoms with E-state index >= 15 is 0 Å². The highest BCUT2D eigenvalue weighted by atomic mass is 16.8. The van der Waals surface area contributed by atoms with Gasteiger partial charge in [0, 0.05) is 6.42 Å². The van der Waals surface area contributed by atoms with Gasteiger partial charge < -0.3 is 34.3 Å². The number of hydrogen-bond acceptors (Lipinski definition) is 10. The van der Waals surface area contributed by atoms with Crippen molar-refractivity contribution < 1.29 is 47.7 Å². The molecular weight excluding hydrogens is 512 g/mol. The van der Waals surface area contributed by atoms with Gasteiger partial charge in [0.25, 0.3) is 0 Å². The molecular formula is C27H40N2O10. The van der Waals surface area contributed by atoms with Crippen molar-refractivity contribution >= 4 is 30.1 Å². The van der Waals surface area contributed by atoms with Crippen LogP contribution < -0.4 is 10.6 Å². The van der Waals surface area contributed by atoms with E-state index in [2.05, 4.69) is 10.6 Å². The number of esters is 2. The Kier molecular flexibility index (Phi) is 12.7. The molecule has 0 heterocycles. The number of carbonyl (C=O) groups excluding carboxylic acids is 5. The van der Waals surface area contributed by atoms with Gasteiger partial charge in [-0.15, -0.1) is 0 Å². The zero-order chi connectivity index (χ0) is 29.8. The molecule has 2 amide bonds. The van der Waals surface area contributed by atoms with Crippen LogP contribution in [0.5, 0.6) is 0 Å². The minimum Gasteiger partial charge on any atom is -0.460 e. The number of ether oxygens (including phenoxy) is 5. The second-order valence-electron chi connectivity index (χ2n) is 10.9. The lowest BCUT2D eigenvalue weighted by atomic mass is 10.0. The summed E-state index contributed by atoms with van der Waals surface area (Å²) < 4.78 is 25.1. The van der Waals surface area contributed by atoms with Crippen molar-refractivity contribution in [1.82, 2.24) is 10.6 Å². The molecule has 0 aliphatic heterocycles. The monoisotopic (exact) mass is 552 g/mol. The fourth-order valence-corrected chi connectivity index (χ4v) is 2.99. The number of alkyl carbamates (subject to hydrolysis) is 1. The van der Waals surface area contributed by atoms with Gasteiger partial charge >= 0.3 is 24.2 Å². The third-order valence-corrected chi connectivity index (χ3v) is 4.39. The lowest BCUT2D eigenvalue weighted by molar-refractivity contribution is -0.157. The molecule has 12 nitrogen and oxygen atoms in total. The highest BCUT2D eigenvalue weighted by Crippen LogP contribution is 2.12. The average Bonchev–Trinajstić information content (AvgIpc) is 2.75. The van der Waals surface area contributed by atoms with Crippen LogP contribution in [0.3, 0.4) is 0 Å². The first-order chi connectivity index (χ1) is 17.9. The van der Waals surface area contributed by atoms with Gasteiger partial charge in [-0.25, -0.2) is 14.4 Å². The van der Waals surface area contributed by atoms with Crippen LogP contribution in [0, 0.1) is 0 Å². The summed E-state index contributed by atoms with van der Waals surface area (Å²) in [6.07, 6.45) is -2.92. The van der Waals surface area contributed by atoms with Crippen LogP contribution in [-0.4, -0.2) is 66.3 Å². The molecule has 0 aliphatic carbocycles. The second-order valence-corrected chi connectivity index (χ2v) is 10.9. The molecule has 2 unspecified atom stereocenters. The Balaban J connectivity index is 3.07. The standard InChI is InChI=1S/C27H40N2O10/c1-17(2)37-25(34)36-16-35-23(32)20(14-18-12-10-9-11-13-18)28-22(31)19(15-21(30)38-26(3,4)5)29-24(33)39-27(6,7)8/h9-13,17,19-20H,14-16H2,1-8H3,(H,28,31)(H,29,33). The predicted molar refractivity (Wildman–Crippen MR) is 139 cm³/mol. The molecule has 2 atom stereocenters. The number of hydrogen-bond donors (Lipinski definition) is 2. The van der Waals surface area contributed by atoms with Gasteiger partial charge in [0.15, 0.2) is 0 Å². The Morgan fingerprint density at radius 3 is 1.92 bits per heavy atom. The van der Waals surface area contributed by atoms with Crippen LogP contribution in [-0.2, 0) is 44.5 Å². The number of carbonyl (C=O) groups is 5. The zero-order valence-corrected chi connectivity index (χ0v) is 23.8. The molecule has 0 saturated heterocycles. The Morgan fingerprint density at radius 2 is 1.38 bits per heavy atom. The highest BCUT2D eigenvalue weighted by molar-refractivity contribution is 5.92. The first-order valence-electron chi connectivity index (χ1n) is 12.5. The summed E-state index contributed by atoms with van der Waals surface area (Å²) in [6, 6.07) is 6.06. The number of benzene rings is 1. The molecule has 0 aromatic heterocycles. The summed E-state index contributed by atoms with van der Waals surface area (Å²) in [5.41, 5.74) is -1.02. The minimum atomic E-state index is -1.43. The second kappa shape index (κ2) is 14.9. The van der Waals surface area contributed by atoms with Crippen LogP contribution in [0.2, 0.25) is 0 Å². The molecule has 39 heavy (non-hydrogen) atoms. The van der Waals surface area contributed by atoms with E-state index in [1.807, 2.05) is 0 Å². The van der Waals surface area contributed by atoms with E-state index in [0.717, 1.165) is 0 Å². The predicted octanol–water partition coefficient (Wildman–Crippen LogP) is 3.40. The average molecular weight is 553 g/mol. The fraction of sp³-hybridized carbons (Fsp3) is 0.593. The van der Waals surface area contributed by atoms with Gasteiger partial charge in [-0.2, -0.15) is 0 Å². The van der Waals surface area contributed by atoms with Gasteiger partial charge in [0.1, 0.15) is 23.3 Å².